The third-order valence-electron chi connectivity index (χ3n) is 4.73. The molecular weight excluding hydrogens is 338 g/mol. The third kappa shape index (κ3) is 3.64. The molecule has 0 radical (unpaired) electrons. The molecule has 0 bridgehead atoms. The zero-order valence-electron chi connectivity index (χ0n) is 14.3. The number of nitrogens with one attached hydrogen (secondary N) is 1. The predicted molar refractivity (Wildman–Crippen MR) is 99.2 cm³/mol. The second-order valence-corrected chi connectivity index (χ2v) is 7.15. The lowest BCUT2D eigenvalue weighted by Gasteiger charge is -2.23. The summed E-state index contributed by atoms with van der Waals surface area (Å²) in [5.41, 5.74) is 2.80. The van der Waals surface area contributed by atoms with Gasteiger partial charge < -0.3 is 14.5 Å². The molecule has 2 aliphatic rings. The second kappa shape index (κ2) is 7.28. The first-order valence-electron chi connectivity index (χ1n) is 8.84. The van der Waals surface area contributed by atoms with Gasteiger partial charge in [-0.3, -0.25) is 4.98 Å². The van der Waals surface area contributed by atoms with E-state index >= 15 is 0 Å². The Hall–Kier alpha value is -1.69. The number of aromatic nitrogens is 3. The fourth-order valence-electron chi connectivity index (χ4n) is 3.14. The Balaban J connectivity index is 0.000000190. The van der Waals surface area contributed by atoms with E-state index in [0.717, 1.165) is 47.6 Å². The number of imidazole rings is 1. The highest BCUT2D eigenvalue weighted by molar-refractivity contribution is 6.31. The van der Waals surface area contributed by atoms with Crippen LogP contribution in [-0.4, -0.2) is 40.9 Å². The molecule has 4 heterocycles. The van der Waals surface area contributed by atoms with Crippen LogP contribution in [0.3, 0.4) is 0 Å². The molecule has 0 unspecified atom stereocenters. The average Bonchev–Trinajstić information content (AvgIpc) is 2.98. The van der Waals surface area contributed by atoms with Crippen molar-refractivity contribution in [3.63, 3.8) is 0 Å². The van der Waals surface area contributed by atoms with Crippen LogP contribution in [0.4, 0.5) is 0 Å². The second-order valence-electron chi connectivity index (χ2n) is 6.72. The van der Waals surface area contributed by atoms with Gasteiger partial charge in [0.2, 0.25) is 0 Å². The first-order chi connectivity index (χ1) is 12.2. The van der Waals surface area contributed by atoms with E-state index in [0.29, 0.717) is 17.0 Å². The zero-order chi connectivity index (χ0) is 17.2. The maximum atomic E-state index is 6.04. The van der Waals surface area contributed by atoms with Crippen molar-refractivity contribution in [2.24, 2.45) is 0 Å². The molecule has 0 saturated carbocycles. The first-order valence-corrected chi connectivity index (χ1v) is 9.22. The highest BCUT2D eigenvalue weighted by Gasteiger charge is 2.24. The van der Waals surface area contributed by atoms with Crippen LogP contribution in [0.25, 0.3) is 21.9 Å². The number of hydrogen-bond donors (Lipinski definition) is 1. The molecule has 2 aliphatic heterocycles. The number of benzene rings is 1. The summed E-state index contributed by atoms with van der Waals surface area (Å²) in [7, 11) is 0. The molecule has 0 amide bonds. The van der Waals surface area contributed by atoms with Crippen molar-refractivity contribution in [3.8, 4) is 0 Å². The summed E-state index contributed by atoms with van der Waals surface area (Å²) < 4.78 is 10.5. The summed E-state index contributed by atoms with van der Waals surface area (Å²) in [4.78, 5) is 12.4. The first kappa shape index (κ1) is 16.8. The van der Waals surface area contributed by atoms with Gasteiger partial charge in [0.15, 0.2) is 0 Å². The van der Waals surface area contributed by atoms with Gasteiger partial charge in [-0.05, 0) is 44.4 Å². The number of ether oxygens (including phenoxy) is 2. The summed E-state index contributed by atoms with van der Waals surface area (Å²) in [5.74, 6) is 1.36. The largest absolute Gasteiger partial charge is 0.380 e. The van der Waals surface area contributed by atoms with E-state index in [1.165, 1.54) is 19.3 Å². The summed E-state index contributed by atoms with van der Waals surface area (Å²) in [6, 6.07) is 5.67. The Bertz CT molecular complexity index is 870. The maximum absolute atomic E-state index is 6.04. The molecule has 5 rings (SSSR count). The van der Waals surface area contributed by atoms with Gasteiger partial charge in [0, 0.05) is 17.0 Å². The van der Waals surface area contributed by atoms with Crippen molar-refractivity contribution in [2.75, 3.05) is 19.8 Å². The third-order valence-corrected chi connectivity index (χ3v) is 4.96. The molecule has 25 heavy (non-hydrogen) atoms. The zero-order valence-corrected chi connectivity index (χ0v) is 15.1. The number of fused-ring (bicyclic) bond motifs is 3. The molecule has 132 valence electrons. The molecule has 2 aromatic heterocycles. The van der Waals surface area contributed by atoms with Crippen molar-refractivity contribution in [1.29, 1.82) is 0 Å². The molecule has 1 aromatic carbocycles. The molecule has 0 spiro atoms. The minimum absolute atomic E-state index is 0.381. The van der Waals surface area contributed by atoms with E-state index in [-0.39, 0.29) is 0 Å². The van der Waals surface area contributed by atoms with E-state index in [1.54, 1.807) is 0 Å². The Morgan fingerprint density at radius 2 is 2.12 bits per heavy atom. The van der Waals surface area contributed by atoms with Crippen molar-refractivity contribution in [1.82, 2.24) is 15.0 Å². The Morgan fingerprint density at radius 3 is 2.76 bits per heavy atom. The molecule has 1 N–H and O–H groups in total. The van der Waals surface area contributed by atoms with Crippen LogP contribution in [0.15, 0.2) is 24.4 Å². The number of pyridine rings is 1. The fourth-order valence-corrected chi connectivity index (χ4v) is 3.31. The normalized spacial score (nSPS) is 21.0. The van der Waals surface area contributed by atoms with Gasteiger partial charge in [0.05, 0.1) is 48.0 Å². The fraction of sp³-hybridized carbons (Fsp3) is 0.474. The lowest BCUT2D eigenvalue weighted by atomic mass is 10.1. The Morgan fingerprint density at radius 1 is 1.24 bits per heavy atom. The van der Waals surface area contributed by atoms with Crippen LogP contribution in [0, 0.1) is 0 Å². The molecule has 3 aromatic rings. The number of hydrogen-bond acceptors (Lipinski definition) is 4. The van der Waals surface area contributed by atoms with Crippen molar-refractivity contribution < 1.29 is 9.47 Å². The summed E-state index contributed by atoms with van der Waals surface area (Å²) >= 11 is 6.04. The molecule has 1 atom stereocenters. The van der Waals surface area contributed by atoms with Crippen LogP contribution in [0.1, 0.15) is 37.9 Å². The van der Waals surface area contributed by atoms with E-state index in [4.69, 9.17) is 21.1 Å². The number of rotatable bonds is 1. The van der Waals surface area contributed by atoms with E-state index in [1.807, 2.05) is 24.4 Å². The molecule has 0 aliphatic carbocycles. The molecule has 2 saturated heterocycles. The molecule has 6 heteroatoms. The van der Waals surface area contributed by atoms with Crippen molar-refractivity contribution in [2.45, 2.75) is 38.2 Å². The monoisotopic (exact) mass is 359 g/mol. The van der Waals surface area contributed by atoms with Gasteiger partial charge in [-0.25, -0.2) is 4.98 Å². The van der Waals surface area contributed by atoms with Crippen LogP contribution in [-0.2, 0) is 9.47 Å². The number of aromatic amines is 1. The van der Waals surface area contributed by atoms with Crippen LogP contribution < -0.4 is 0 Å². The summed E-state index contributed by atoms with van der Waals surface area (Å²) in [6.45, 7) is 4.61. The predicted octanol–water partition coefficient (Wildman–Crippen LogP) is 4.45. The van der Waals surface area contributed by atoms with Gasteiger partial charge in [0.25, 0.3) is 0 Å². The average molecular weight is 360 g/mol. The highest BCUT2D eigenvalue weighted by Crippen LogP contribution is 2.28. The van der Waals surface area contributed by atoms with E-state index in [9.17, 15) is 0 Å². The standard InChI is InChI=1S/C13H10ClN3O.C6H12O/c14-8-1-2-10-9(3-8)12-11(4-15-10)16-13(17-12)7-5-18-6-7;1-6-4-2-3-5-7-6/h1-4,7H,5-6H2,(H,16,17);6H,2-5H2,1H3/t;6-/m.1/s1. The van der Waals surface area contributed by atoms with Gasteiger partial charge in [-0.15, -0.1) is 0 Å². The number of halogens is 1. The maximum Gasteiger partial charge on any atom is 0.115 e. The van der Waals surface area contributed by atoms with E-state index < -0.39 is 0 Å². The Kier molecular flexibility index (Phi) is 4.88. The molecule has 5 nitrogen and oxygen atoms in total. The van der Waals surface area contributed by atoms with Gasteiger partial charge >= 0.3 is 0 Å². The lowest BCUT2D eigenvalue weighted by Crippen LogP contribution is -2.26. The topological polar surface area (TPSA) is 60.0 Å². The SMILES string of the molecule is C[C@@H]1CCCCO1.Clc1ccc2ncc3[nH]c(C4COC4)nc3c2c1. The van der Waals surface area contributed by atoms with Crippen LogP contribution in [0.5, 0.6) is 0 Å². The minimum atomic E-state index is 0.381. The molecular formula is C19H22ClN3O2. The minimum Gasteiger partial charge on any atom is -0.380 e. The van der Waals surface area contributed by atoms with Crippen molar-refractivity contribution >= 4 is 33.5 Å². The van der Waals surface area contributed by atoms with Crippen molar-refractivity contribution in [3.05, 3.63) is 35.2 Å². The van der Waals surface area contributed by atoms with Gasteiger partial charge in [-0.1, -0.05) is 11.6 Å². The van der Waals surface area contributed by atoms with Gasteiger partial charge in [0.1, 0.15) is 5.82 Å². The Labute approximate surface area is 151 Å². The van der Waals surface area contributed by atoms with E-state index in [2.05, 4.69) is 21.9 Å². The quantitative estimate of drug-likeness (QED) is 0.697. The van der Waals surface area contributed by atoms with Crippen LogP contribution >= 0.6 is 11.6 Å². The summed E-state index contributed by atoms with van der Waals surface area (Å²) in [6.07, 6.45) is 6.25. The summed E-state index contributed by atoms with van der Waals surface area (Å²) in [5, 5.41) is 1.69. The van der Waals surface area contributed by atoms with Crippen LogP contribution in [0.2, 0.25) is 5.02 Å². The highest BCUT2D eigenvalue weighted by atomic mass is 35.5. The van der Waals surface area contributed by atoms with Gasteiger partial charge in [-0.2, -0.15) is 0 Å². The molecule has 2 fully saturated rings. The number of H-pyrrole nitrogens is 1. The lowest BCUT2D eigenvalue weighted by molar-refractivity contribution is 0.00531. The number of nitrogens with zero attached hydrogens (tertiary/aromatic N) is 2. The smallest absolute Gasteiger partial charge is 0.115 e.